The summed E-state index contributed by atoms with van der Waals surface area (Å²) in [6, 6.07) is 1.87. The van der Waals surface area contributed by atoms with Crippen LogP contribution in [0.25, 0.3) is 0 Å². The molecule has 0 amide bonds. The summed E-state index contributed by atoms with van der Waals surface area (Å²) in [6.45, 7) is 3.77. The fourth-order valence-electron chi connectivity index (χ4n) is 1.31. The van der Waals surface area contributed by atoms with Gasteiger partial charge in [-0.1, -0.05) is 6.92 Å². The maximum atomic E-state index is 10.8. The maximum Gasteiger partial charge on any atom is 0.346 e. The van der Waals surface area contributed by atoms with Crippen LogP contribution in [-0.2, 0) is 6.54 Å². The number of hydrogen-bond donors (Lipinski definition) is 2. The van der Waals surface area contributed by atoms with Crippen LogP contribution in [0.2, 0.25) is 0 Å². The van der Waals surface area contributed by atoms with Gasteiger partial charge >= 0.3 is 5.97 Å². The average Bonchev–Trinajstić information content (AvgIpc) is 2.72. The Balaban J connectivity index is 2.32. The fourth-order valence-corrected chi connectivity index (χ4v) is 2.42. The lowest BCUT2D eigenvalue weighted by atomic mass is 10.2. The Labute approximate surface area is 104 Å². The predicted molar refractivity (Wildman–Crippen MR) is 70.6 cm³/mol. The van der Waals surface area contributed by atoms with Gasteiger partial charge in [-0.25, -0.2) is 4.79 Å². The molecule has 1 rings (SSSR count). The summed E-state index contributed by atoms with van der Waals surface area (Å²) in [6.07, 6.45) is 3.21. The molecule has 16 heavy (non-hydrogen) atoms. The molecule has 0 aliphatic heterocycles. The van der Waals surface area contributed by atoms with Gasteiger partial charge in [-0.05, 0) is 36.2 Å². The second-order valence-corrected chi connectivity index (χ2v) is 5.78. The highest BCUT2D eigenvalue weighted by molar-refractivity contribution is 7.99. The smallest absolute Gasteiger partial charge is 0.346 e. The highest BCUT2D eigenvalue weighted by Gasteiger charge is 2.10. The first-order chi connectivity index (χ1) is 7.65. The van der Waals surface area contributed by atoms with Crippen molar-refractivity contribution in [3.8, 4) is 0 Å². The van der Waals surface area contributed by atoms with Crippen molar-refractivity contribution in [2.75, 3.05) is 12.8 Å². The molecule has 5 heteroatoms. The standard InChI is InChI=1S/C11H17NO2S2/c1-8(15-2)3-5-12-7-9-4-6-16-10(9)11(13)14/h4,6,8,12H,3,5,7H2,1-2H3,(H,13,14). The van der Waals surface area contributed by atoms with Gasteiger partial charge in [0.15, 0.2) is 0 Å². The van der Waals surface area contributed by atoms with Crippen LogP contribution in [0.5, 0.6) is 0 Å². The van der Waals surface area contributed by atoms with Crippen molar-refractivity contribution in [2.24, 2.45) is 0 Å². The lowest BCUT2D eigenvalue weighted by Crippen LogP contribution is -2.18. The first kappa shape index (κ1) is 13.5. The third-order valence-electron chi connectivity index (χ3n) is 2.39. The molecule has 1 heterocycles. The molecule has 1 aromatic rings. The van der Waals surface area contributed by atoms with E-state index in [0.29, 0.717) is 16.7 Å². The number of thioether (sulfide) groups is 1. The van der Waals surface area contributed by atoms with Gasteiger partial charge in [0.25, 0.3) is 0 Å². The lowest BCUT2D eigenvalue weighted by molar-refractivity contribution is 0.0701. The summed E-state index contributed by atoms with van der Waals surface area (Å²) in [4.78, 5) is 11.3. The molecule has 2 N–H and O–H groups in total. The number of nitrogens with one attached hydrogen (secondary N) is 1. The molecule has 0 aliphatic rings. The second kappa shape index (κ2) is 6.93. The molecule has 0 bridgehead atoms. The Morgan fingerprint density at radius 3 is 3.06 bits per heavy atom. The van der Waals surface area contributed by atoms with E-state index in [0.717, 1.165) is 18.5 Å². The van der Waals surface area contributed by atoms with Crippen LogP contribution in [0.4, 0.5) is 0 Å². The van der Waals surface area contributed by atoms with Gasteiger partial charge in [0.05, 0.1) is 0 Å². The molecule has 0 aliphatic carbocycles. The normalized spacial score (nSPS) is 12.6. The van der Waals surface area contributed by atoms with Crippen molar-refractivity contribution >= 4 is 29.1 Å². The molecule has 0 radical (unpaired) electrons. The summed E-state index contributed by atoms with van der Waals surface area (Å²) >= 11 is 3.13. The van der Waals surface area contributed by atoms with E-state index in [1.165, 1.54) is 11.3 Å². The number of aromatic carboxylic acids is 1. The Kier molecular flexibility index (Phi) is 5.87. The maximum absolute atomic E-state index is 10.8. The molecule has 0 aromatic carbocycles. The van der Waals surface area contributed by atoms with E-state index in [-0.39, 0.29) is 0 Å². The minimum atomic E-state index is -0.829. The van der Waals surface area contributed by atoms with Crippen LogP contribution in [-0.4, -0.2) is 29.1 Å². The molecule has 90 valence electrons. The molecule has 0 spiro atoms. The summed E-state index contributed by atoms with van der Waals surface area (Å²) in [5, 5.41) is 14.7. The summed E-state index contributed by atoms with van der Waals surface area (Å²) < 4.78 is 0. The quantitative estimate of drug-likeness (QED) is 0.739. The summed E-state index contributed by atoms with van der Waals surface area (Å²) in [7, 11) is 0. The van der Waals surface area contributed by atoms with E-state index in [1.54, 1.807) is 0 Å². The number of carboxylic acids is 1. The molecule has 1 aromatic heterocycles. The van der Waals surface area contributed by atoms with Crippen molar-refractivity contribution in [1.29, 1.82) is 0 Å². The Morgan fingerprint density at radius 1 is 1.69 bits per heavy atom. The van der Waals surface area contributed by atoms with Gasteiger partial charge < -0.3 is 10.4 Å². The number of thiophene rings is 1. The monoisotopic (exact) mass is 259 g/mol. The molecule has 3 nitrogen and oxygen atoms in total. The molecular formula is C11H17NO2S2. The van der Waals surface area contributed by atoms with Crippen molar-refractivity contribution in [2.45, 2.75) is 25.1 Å². The zero-order valence-electron chi connectivity index (χ0n) is 9.53. The minimum Gasteiger partial charge on any atom is -0.477 e. The first-order valence-electron chi connectivity index (χ1n) is 5.18. The van der Waals surface area contributed by atoms with Crippen molar-refractivity contribution in [3.63, 3.8) is 0 Å². The molecular weight excluding hydrogens is 242 g/mol. The number of rotatable bonds is 7. The van der Waals surface area contributed by atoms with Gasteiger partial charge in [0, 0.05) is 11.8 Å². The van der Waals surface area contributed by atoms with Crippen LogP contribution in [0.1, 0.15) is 28.6 Å². The van der Waals surface area contributed by atoms with Crippen LogP contribution in [0.3, 0.4) is 0 Å². The van der Waals surface area contributed by atoms with Crippen LogP contribution >= 0.6 is 23.1 Å². The molecule has 0 saturated heterocycles. The van der Waals surface area contributed by atoms with Crippen molar-refractivity contribution in [3.05, 3.63) is 21.9 Å². The molecule has 1 unspecified atom stereocenters. The Hall–Kier alpha value is -0.520. The van der Waals surface area contributed by atoms with E-state index >= 15 is 0 Å². The zero-order valence-corrected chi connectivity index (χ0v) is 11.2. The van der Waals surface area contributed by atoms with Gasteiger partial charge in [0.2, 0.25) is 0 Å². The Bertz CT molecular complexity index is 338. The van der Waals surface area contributed by atoms with E-state index in [4.69, 9.17) is 5.11 Å². The van der Waals surface area contributed by atoms with Crippen LogP contribution in [0, 0.1) is 0 Å². The molecule has 1 atom stereocenters. The Morgan fingerprint density at radius 2 is 2.44 bits per heavy atom. The zero-order chi connectivity index (χ0) is 12.0. The number of carbonyl (C=O) groups is 1. The average molecular weight is 259 g/mol. The summed E-state index contributed by atoms with van der Waals surface area (Å²) in [5.74, 6) is -0.829. The van der Waals surface area contributed by atoms with E-state index in [2.05, 4.69) is 18.5 Å². The number of hydrogen-bond acceptors (Lipinski definition) is 4. The summed E-state index contributed by atoms with van der Waals surface area (Å²) in [5.41, 5.74) is 0.884. The fraction of sp³-hybridized carbons (Fsp3) is 0.545. The first-order valence-corrected chi connectivity index (χ1v) is 7.35. The number of carboxylic acid groups (broad SMARTS) is 1. The minimum absolute atomic E-state index is 0.449. The van der Waals surface area contributed by atoms with Gasteiger partial charge in [-0.3, -0.25) is 0 Å². The van der Waals surface area contributed by atoms with Crippen molar-refractivity contribution in [1.82, 2.24) is 5.32 Å². The van der Waals surface area contributed by atoms with Crippen LogP contribution in [0.15, 0.2) is 11.4 Å². The topological polar surface area (TPSA) is 49.3 Å². The SMILES string of the molecule is CSC(C)CCNCc1ccsc1C(=O)O. The lowest BCUT2D eigenvalue weighted by Gasteiger charge is -2.08. The predicted octanol–water partition coefficient (Wildman–Crippen LogP) is 2.68. The van der Waals surface area contributed by atoms with Gasteiger partial charge in [-0.2, -0.15) is 11.8 Å². The third kappa shape index (κ3) is 4.15. The highest BCUT2D eigenvalue weighted by atomic mass is 32.2. The second-order valence-electron chi connectivity index (χ2n) is 3.59. The van der Waals surface area contributed by atoms with E-state index in [9.17, 15) is 4.79 Å². The van der Waals surface area contributed by atoms with E-state index in [1.807, 2.05) is 23.2 Å². The molecule has 0 saturated carbocycles. The van der Waals surface area contributed by atoms with Gasteiger partial charge in [0.1, 0.15) is 4.88 Å². The van der Waals surface area contributed by atoms with Crippen LogP contribution < -0.4 is 5.32 Å². The molecule has 0 fully saturated rings. The third-order valence-corrected chi connectivity index (χ3v) is 4.37. The van der Waals surface area contributed by atoms with Gasteiger partial charge in [-0.15, -0.1) is 11.3 Å². The van der Waals surface area contributed by atoms with E-state index < -0.39 is 5.97 Å². The van der Waals surface area contributed by atoms with Crippen molar-refractivity contribution < 1.29 is 9.90 Å². The highest BCUT2D eigenvalue weighted by Crippen LogP contribution is 2.16. The largest absolute Gasteiger partial charge is 0.477 e.